The molecular weight excluding hydrogens is 434 g/mol. The summed E-state index contributed by atoms with van der Waals surface area (Å²) in [7, 11) is 1.45. The van der Waals surface area contributed by atoms with Crippen LogP contribution in [-0.2, 0) is 9.53 Å². The number of rotatable bonds is 5. The zero-order valence-electron chi connectivity index (χ0n) is 23.5. The van der Waals surface area contributed by atoms with Crippen molar-refractivity contribution in [2.45, 2.75) is 106 Å². The van der Waals surface area contributed by atoms with Crippen LogP contribution in [0, 0.1) is 45.3 Å². The summed E-state index contributed by atoms with van der Waals surface area (Å²) in [4.78, 5) is 11.7. The van der Waals surface area contributed by atoms with E-state index in [4.69, 9.17) is 4.74 Å². The van der Waals surface area contributed by atoms with Crippen molar-refractivity contribution in [1.29, 1.82) is 0 Å². The zero-order chi connectivity index (χ0) is 25.8. The average molecular weight is 484 g/mol. The lowest BCUT2D eigenvalue weighted by atomic mass is 9.41. The predicted octanol–water partition coefficient (Wildman–Crippen LogP) is 7.96. The maximum Gasteiger partial charge on any atom is 0.333 e. The number of hydrogen-bond acceptors (Lipinski definition) is 4. The van der Waals surface area contributed by atoms with Crippen LogP contribution in [0.25, 0.3) is 0 Å². The molecule has 7 atom stereocenters. The fourth-order valence-electron chi connectivity index (χ4n) is 9.66. The predicted molar refractivity (Wildman–Crippen MR) is 142 cm³/mol. The van der Waals surface area contributed by atoms with Crippen LogP contribution in [0.4, 0.5) is 0 Å². The van der Waals surface area contributed by atoms with Crippen LogP contribution in [0.1, 0.15) is 106 Å². The minimum atomic E-state index is -0.212. The molecule has 4 aliphatic carbocycles. The molecule has 0 bridgehead atoms. The van der Waals surface area contributed by atoms with Crippen molar-refractivity contribution in [3.8, 4) is 0 Å². The molecule has 1 N–H and O–H groups in total. The normalized spacial score (nSPS) is 42.5. The van der Waals surface area contributed by atoms with E-state index in [0.29, 0.717) is 23.2 Å². The summed E-state index contributed by atoms with van der Waals surface area (Å²) < 4.78 is 4.86. The highest BCUT2D eigenvalue weighted by Crippen LogP contribution is 2.73. The van der Waals surface area contributed by atoms with Gasteiger partial charge in [0.15, 0.2) is 0 Å². The van der Waals surface area contributed by atoms with Gasteiger partial charge in [-0.2, -0.15) is 0 Å². The van der Waals surface area contributed by atoms with Crippen LogP contribution in [0.5, 0.6) is 0 Å². The van der Waals surface area contributed by atoms with E-state index < -0.39 is 0 Å². The largest absolute Gasteiger partial charge is 0.466 e. The number of methoxy groups -OCH3 is 1. The highest BCUT2D eigenvalue weighted by Gasteiger charge is 2.65. The van der Waals surface area contributed by atoms with Gasteiger partial charge >= 0.3 is 5.97 Å². The second kappa shape index (κ2) is 9.06. The Labute approximate surface area is 213 Å². The van der Waals surface area contributed by atoms with Crippen molar-refractivity contribution < 1.29 is 14.7 Å². The van der Waals surface area contributed by atoms with E-state index in [1.165, 1.54) is 32.8 Å². The van der Waals surface area contributed by atoms with Crippen molar-refractivity contribution >= 4 is 11.7 Å². The fourth-order valence-corrected chi connectivity index (χ4v) is 9.66. The van der Waals surface area contributed by atoms with E-state index in [2.05, 4.69) is 58.9 Å². The standard InChI is InChI=1S/C31H49NO3/c1-20(10-9-11-21(2)27(33)35-8)22-14-18-31(7)24-12-13-25-28(3,4)26(32-34)16-17-29(25,5)23(24)15-19-30(22,31)6/h11-12,20,22-23,25,34H,9-10,13-19H2,1-8H3/b21-11-,32-26?/t20-,22-,23-,25-,29+,30-,31+/m0/s1. The van der Waals surface area contributed by atoms with E-state index in [1.807, 2.05) is 6.92 Å². The molecule has 0 radical (unpaired) electrons. The Morgan fingerprint density at radius 1 is 1.20 bits per heavy atom. The Balaban J connectivity index is 1.57. The first kappa shape index (κ1) is 26.5. The first-order valence-electron chi connectivity index (χ1n) is 14.0. The SMILES string of the molecule is COC(=O)/C(C)=C\CC[C@H](C)[C@@H]1CC[C@]2(C)C3=CC[C@H]4C(C)(C)C(=NO)CC[C@]4(C)[C@H]3CC[C@@]12C. The second-order valence-electron chi connectivity index (χ2n) is 13.6. The van der Waals surface area contributed by atoms with E-state index in [1.54, 1.807) is 5.57 Å². The molecule has 0 aromatic rings. The molecule has 0 aromatic carbocycles. The monoisotopic (exact) mass is 483 g/mol. The van der Waals surface area contributed by atoms with Gasteiger partial charge in [-0.25, -0.2) is 4.79 Å². The van der Waals surface area contributed by atoms with Crippen LogP contribution in [0.15, 0.2) is 28.5 Å². The summed E-state index contributed by atoms with van der Waals surface area (Å²) in [6, 6.07) is 0. The number of carbonyl (C=O) groups is 1. The molecule has 4 rings (SSSR count). The fraction of sp³-hybridized carbons (Fsp3) is 0.806. The van der Waals surface area contributed by atoms with E-state index in [0.717, 1.165) is 49.3 Å². The van der Waals surface area contributed by atoms with Crippen LogP contribution >= 0.6 is 0 Å². The number of ether oxygens (including phenoxy) is 1. The van der Waals surface area contributed by atoms with Gasteiger partial charge in [0.25, 0.3) is 0 Å². The first-order valence-corrected chi connectivity index (χ1v) is 14.0. The summed E-state index contributed by atoms with van der Waals surface area (Å²) in [5.41, 5.74) is 4.33. The van der Waals surface area contributed by atoms with Crippen molar-refractivity contribution in [3.63, 3.8) is 0 Å². The number of carbonyl (C=O) groups excluding carboxylic acids is 1. The third-order valence-electron chi connectivity index (χ3n) is 12.1. The van der Waals surface area contributed by atoms with Gasteiger partial charge in [-0.05, 0) is 105 Å². The minimum Gasteiger partial charge on any atom is -0.466 e. The van der Waals surface area contributed by atoms with Gasteiger partial charge in [0.1, 0.15) is 0 Å². The smallest absolute Gasteiger partial charge is 0.333 e. The zero-order valence-corrected chi connectivity index (χ0v) is 23.5. The molecule has 4 aliphatic rings. The molecule has 0 spiro atoms. The van der Waals surface area contributed by atoms with Crippen molar-refractivity contribution in [2.75, 3.05) is 7.11 Å². The quantitative estimate of drug-likeness (QED) is 0.142. The third-order valence-corrected chi connectivity index (χ3v) is 12.1. The van der Waals surface area contributed by atoms with E-state index in [-0.39, 0.29) is 22.2 Å². The van der Waals surface area contributed by atoms with Gasteiger partial charge < -0.3 is 9.94 Å². The molecule has 3 fully saturated rings. The maximum absolute atomic E-state index is 11.7. The van der Waals surface area contributed by atoms with Gasteiger partial charge in [-0.3, -0.25) is 0 Å². The summed E-state index contributed by atoms with van der Waals surface area (Å²) in [6.45, 7) is 16.7. The number of nitrogens with zero attached hydrogens (tertiary/aromatic N) is 1. The van der Waals surface area contributed by atoms with Crippen molar-refractivity contribution in [3.05, 3.63) is 23.3 Å². The summed E-state index contributed by atoms with van der Waals surface area (Å²) in [5.74, 6) is 2.35. The minimum absolute atomic E-state index is 0.0476. The Bertz CT molecular complexity index is 945. The molecule has 4 nitrogen and oxygen atoms in total. The highest BCUT2D eigenvalue weighted by molar-refractivity contribution is 5.90. The molecule has 35 heavy (non-hydrogen) atoms. The van der Waals surface area contributed by atoms with Gasteiger partial charge in [-0.1, -0.05) is 64.4 Å². The number of esters is 1. The topological polar surface area (TPSA) is 58.9 Å². The Morgan fingerprint density at radius 2 is 1.91 bits per heavy atom. The molecule has 0 unspecified atom stereocenters. The van der Waals surface area contributed by atoms with E-state index >= 15 is 0 Å². The lowest BCUT2D eigenvalue weighted by Crippen LogP contribution is -2.57. The Kier molecular flexibility index (Phi) is 6.86. The maximum atomic E-state index is 11.7. The van der Waals surface area contributed by atoms with Gasteiger partial charge in [0.05, 0.1) is 12.8 Å². The van der Waals surface area contributed by atoms with Crippen LogP contribution in [0.3, 0.4) is 0 Å². The number of fused-ring (bicyclic) bond motifs is 5. The lowest BCUT2D eigenvalue weighted by Gasteiger charge is -2.63. The van der Waals surface area contributed by atoms with Crippen molar-refractivity contribution in [1.82, 2.24) is 0 Å². The molecule has 0 aromatic heterocycles. The summed E-state index contributed by atoms with van der Waals surface area (Å²) in [5, 5.41) is 13.4. The summed E-state index contributed by atoms with van der Waals surface area (Å²) in [6.07, 6.45) is 15.2. The Hall–Kier alpha value is -1.58. The Morgan fingerprint density at radius 3 is 2.57 bits per heavy atom. The van der Waals surface area contributed by atoms with Gasteiger partial charge in [0, 0.05) is 11.0 Å². The molecule has 3 saturated carbocycles. The first-order chi connectivity index (χ1) is 16.4. The third kappa shape index (κ3) is 3.84. The summed E-state index contributed by atoms with van der Waals surface area (Å²) >= 11 is 0. The molecule has 196 valence electrons. The van der Waals surface area contributed by atoms with Crippen LogP contribution in [0.2, 0.25) is 0 Å². The highest BCUT2D eigenvalue weighted by atomic mass is 16.5. The lowest BCUT2D eigenvalue weighted by molar-refractivity contribution is -0.136. The molecule has 0 aliphatic heterocycles. The molecule has 0 amide bonds. The molecule has 0 saturated heterocycles. The molecule has 0 heterocycles. The van der Waals surface area contributed by atoms with Gasteiger partial charge in [0.2, 0.25) is 0 Å². The van der Waals surface area contributed by atoms with E-state index in [9.17, 15) is 10.0 Å². The van der Waals surface area contributed by atoms with Crippen molar-refractivity contribution in [2.24, 2.45) is 50.5 Å². The second-order valence-corrected chi connectivity index (χ2v) is 13.6. The number of oxime groups is 1. The van der Waals surface area contributed by atoms with Gasteiger partial charge in [-0.15, -0.1) is 0 Å². The average Bonchev–Trinajstić information content (AvgIpc) is 3.09. The number of allylic oxidation sites excluding steroid dienone is 3. The number of hydrogen-bond donors (Lipinski definition) is 1. The molecular formula is C31H49NO3. The van der Waals surface area contributed by atoms with Crippen LogP contribution < -0.4 is 0 Å². The molecule has 4 heteroatoms. The van der Waals surface area contributed by atoms with Crippen LogP contribution in [-0.4, -0.2) is 24.0 Å².